The lowest BCUT2D eigenvalue weighted by Gasteiger charge is -2.19. The minimum atomic E-state index is 0.187. The van der Waals surface area contributed by atoms with Crippen LogP contribution in [0.5, 0.6) is 0 Å². The molecule has 0 spiro atoms. The Balaban J connectivity index is 2.35. The standard InChI is InChI=1S/C16H28N4OS/c1-4-17-16(18-11-9-14-8-7-13-22-14)19-12-10-15(21)20(5-2)6-3/h7-8,13H,4-6,9-12H2,1-3H3,(H2,17,18,19). The van der Waals surface area contributed by atoms with Gasteiger partial charge < -0.3 is 15.5 Å². The Morgan fingerprint density at radius 1 is 1.27 bits per heavy atom. The SMILES string of the molecule is CCNC(=NCCc1cccs1)NCCC(=O)N(CC)CC. The van der Waals surface area contributed by atoms with Crippen LogP contribution in [0.3, 0.4) is 0 Å². The molecule has 6 heteroatoms. The number of hydrogen-bond acceptors (Lipinski definition) is 3. The van der Waals surface area contributed by atoms with Crippen LogP contribution in [-0.2, 0) is 11.2 Å². The highest BCUT2D eigenvalue weighted by molar-refractivity contribution is 7.09. The molecule has 0 bridgehead atoms. The number of amides is 1. The summed E-state index contributed by atoms with van der Waals surface area (Å²) < 4.78 is 0. The lowest BCUT2D eigenvalue weighted by molar-refractivity contribution is -0.130. The molecule has 0 fully saturated rings. The zero-order valence-electron chi connectivity index (χ0n) is 13.9. The number of hydrogen-bond donors (Lipinski definition) is 2. The van der Waals surface area contributed by atoms with E-state index >= 15 is 0 Å². The smallest absolute Gasteiger partial charge is 0.224 e. The van der Waals surface area contributed by atoms with Gasteiger partial charge >= 0.3 is 0 Å². The van der Waals surface area contributed by atoms with E-state index < -0.39 is 0 Å². The lowest BCUT2D eigenvalue weighted by Crippen LogP contribution is -2.40. The molecule has 0 aliphatic carbocycles. The van der Waals surface area contributed by atoms with Crippen molar-refractivity contribution >= 4 is 23.2 Å². The minimum Gasteiger partial charge on any atom is -0.357 e. The van der Waals surface area contributed by atoms with Crippen LogP contribution in [0.25, 0.3) is 0 Å². The third kappa shape index (κ3) is 6.93. The van der Waals surface area contributed by atoms with Crippen molar-refractivity contribution in [2.45, 2.75) is 33.6 Å². The van der Waals surface area contributed by atoms with E-state index in [0.29, 0.717) is 13.0 Å². The van der Waals surface area contributed by atoms with Gasteiger partial charge in [-0.15, -0.1) is 11.3 Å². The maximum Gasteiger partial charge on any atom is 0.224 e. The molecular weight excluding hydrogens is 296 g/mol. The van der Waals surface area contributed by atoms with Crippen molar-refractivity contribution in [2.24, 2.45) is 4.99 Å². The monoisotopic (exact) mass is 324 g/mol. The van der Waals surface area contributed by atoms with E-state index in [4.69, 9.17) is 0 Å². The molecule has 22 heavy (non-hydrogen) atoms. The van der Waals surface area contributed by atoms with Gasteiger partial charge in [-0.1, -0.05) is 6.07 Å². The maximum absolute atomic E-state index is 11.9. The molecular formula is C16H28N4OS. The fourth-order valence-corrected chi connectivity index (χ4v) is 2.79. The van der Waals surface area contributed by atoms with Gasteiger partial charge in [0, 0.05) is 50.4 Å². The van der Waals surface area contributed by atoms with Crippen LogP contribution in [0.2, 0.25) is 0 Å². The van der Waals surface area contributed by atoms with Crippen molar-refractivity contribution in [1.29, 1.82) is 0 Å². The van der Waals surface area contributed by atoms with Crippen LogP contribution in [0.15, 0.2) is 22.5 Å². The first kappa shape index (κ1) is 18.5. The Bertz CT molecular complexity index is 441. The summed E-state index contributed by atoms with van der Waals surface area (Å²) in [6.45, 7) is 9.76. The average molecular weight is 324 g/mol. The second kappa shape index (κ2) is 11.1. The molecule has 1 rings (SSSR count). The number of carbonyl (C=O) groups excluding carboxylic acids is 1. The van der Waals surface area contributed by atoms with Crippen molar-refractivity contribution in [3.8, 4) is 0 Å². The first-order chi connectivity index (χ1) is 10.7. The molecule has 1 aromatic heterocycles. The molecule has 0 saturated carbocycles. The lowest BCUT2D eigenvalue weighted by atomic mass is 10.3. The summed E-state index contributed by atoms with van der Waals surface area (Å²) in [5.41, 5.74) is 0. The Hall–Kier alpha value is -1.56. The normalized spacial score (nSPS) is 11.3. The molecule has 5 nitrogen and oxygen atoms in total. The van der Waals surface area contributed by atoms with Gasteiger partial charge in [0.05, 0.1) is 0 Å². The minimum absolute atomic E-state index is 0.187. The zero-order valence-corrected chi connectivity index (χ0v) is 14.7. The molecule has 0 atom stereocenters. The molecule has 2 N–H and O–H groups in total. The molecule has 124 valence electrons. The fourth-order valence-electron chi connectivity index (χ4n) is 2.10. The van der Waals surface area contributed by atoms with Gasteiger partial charge in [-0.05, 0) is 32.2 Å². The fraction of sp³-hybridized carbons (Fsp3) is 0.625. The number of nitrogens with one attached hydrogen (secondary N) is 2. The highest BCUT2D eigenvalue weighted by Crippen LogP contribution is 2.08. The summed E-state index contributed by atoms with van der Waals surface area (Å²) in [6.07, 6.45) is 1.45. The molecule has 0 unspecified atom stereocenters. The van der Waals surface area contributed by atoms with Crippen LogP contribution >= 0.6 is 11.3 Å². The highest BCUT2D eigenvalue weighted by Gasteiger charge is 2.08. The quantitative estimate of drug-likeness (QED) is 0.540. The third-order valence-electron chi connectivity index (χ3n) is 3.30. The van der Waals surface area contributed by atoms with E-state index in [1.807, 2.05) is 25.7 Å². The second-order valence-electron chi connectivity index (χ2n) is 4.83. The van der Waals surface area contributed by atoms with Crippen LogP contribution in [0, 0.1) is 0 Å². The van der Waals surface area contributed by atoms with E-state index in [0.717, 1.165) is 38.6 Å². The zero-order chi connectivity index (χ0) is 16.2. The average Bonchev–Trinajstić information content (AvgIpc) is 3.02. The number of carbonyl (C=O) groups is 1. The van der Waals surface area contributed by atoms with Crippen molar-refractivity contribution < 1.29 is 4.79 Å². The van der Waals surface area contributed by atoms with Crippen molar-refractivity contribution in [1.82, 2.24) is 15.5 Å². The Kier molecular flexibility index (Phi) is 9.30. The van der Waals surface area contributed by atoms with Crippen LogP contribution < -0.4 is 10.6 Å². The Labute approximate surface area is 137 Å². The molecule has 0 radical (unpaired) electrons. The molecule has 0 aromatic carbocycles. The number of guanidine groups is 1. The van der Waals surface area contributed by atoms with Crippen LogP contribution in [0.4, 0.5) is 0 Å². The number of rotatable bonds is 9. The van der Waals surface area contributed by atoms with Gasteiger partial charge in [0.25, 0.3) is 0 Å². The van der Waals surface area contributed by atoms with E-state index in [-0.39, 0.29) is 5.91 Å². The summed E-state index contributed by atoms with van der Waals surface area (Å²) in [5, 5.41) is 8.53. The van der Waals surface area contributed by atoms with E-state index in [1.54, 1.807) is 11.3 Å². The van der Waals surface area contributed by atoms with E-state index in [9.17, 15) is 4.79 Å². The van der Waals surface area contributed by atoms with Gasteiger partial charge in [0.2, 0.25) is 5.91 Å². The number of thiophene rings is 1. The Morgan fingerprint density at radius 3 is 2.64 bits per heavy atom. The molecule has 1 heterocycles. The highest BCUT2D eigenvalue weighted by atomic mass is 32.1. The molecule has 0 aliphatic rings. The first-order valence-electron chi connectivity index (χ1n) is 8.03. The topological polar surface area (TPSA) is 56.7 Å². The van der Waals surface area contributed by atoms with Gasteiger partial charge in [-0.3, -0.25) is 9.79 Å². The maximum atomic E-state index is 11.9. The molecule has 1 aromatic rings. The summed E-state index contributed by atoms with van der Waals surface area (Å²) in [4.78, 5) is 19.7. The Morgan fingerprint density at radius 2 is 2.05 bits per heavy atom. The van der Waals surface area contributed by atoms with Crippen molar-refractivity contribution in [2.75, 3.05) is 32.7 Å². The summed E-state index contributed by atoms with van der Waals surface area (Å²) in [5.74, 6) is 0.971. The third-order valence-corrected chi connectivity index (χ3v) is 4.24. The van der Waals surface area contributed by atoms with E-state index in [1.165, 1.54) is 4.88 Å². The largest absolute Gasteiger partial charge is 0.357 e. The van der Waals surface area contributed by atoms with Crippen molar-refractivity contribution in [3.05, 3.63) is 22.4 Å². The summed E-state index contributed by atoms with van der Waals surface area (Å²) >= 11 is 1.76. The van der Waals surface area contributed by atoms with Gasteiger partial charge in [0.15, 0.2) is 5.96 Å². The molecule has 1 amide bonds. The molecule has 0 aliphatic heterocycles. The predicted molar refractivity (Wildman–Crippen MR) is 94.5 cm³/mol. The number of nitrogens with zero attached hydrogens (tertiary/aromatic N) is 2. The molecule has 0 saturated heterocycles. The summed E-state index contributed by atoms with van der Waals surface area (Å²) in [7, 11) is 0. The van der Waals surface area contributed by atoms with Gasteiger partial charge in [0.1, 0.15) is 0 Å². The van der Waals surface area contributed by atoms with Crippen LogP contribution in [0.1, 0.15) is 32.1 Å². The predicted octanol–water partition coefficient (Wildman–Crippen LogP) is 2.10. The van der Waals surface area contributed by atoms with E-state index in [2.05, 4.69) is 33.1 Å². The van der Waals surface area contributed by atoms with Crippen molar-refractivity contribution in [3.63, 3.8) is 0 Å². The van der Waals surface area contributed by atoms with Gasteiger partial charge in [-0.25, -0.2) is 0 Å². The van der Waals surface area contributed by atoms with Gasteiger partial charge in [-0.2, -0.15) is 0 Å². The first-order valence-corrected chi connectivity index (χ1v) is 8.91. The summed E-state index contributed by atoms with van der Waals surface area (Å²) in [6, 6.07) is 4.19. The van der Waals surface area contributed by atoms with Crippen LogP contribution in [-0.4, -0.2) is 49.5 Å². The second-order valence-corrected chi connectivity index (χ2v) is 5.87. The number of aliphatic imine (C=N–C) groups is 1.